The van der Waals surface area contributed by atoms with Gasteiger partial charge in [0.25, 0.3) is 0 Å². The fraction of sp³-hybridized carbons (Fsp3) is 0.727. The van der Waals surface area contributed by atoms with E-state index in [0.29, 0.717) is 24.2 Å². The number of hydrogen-bond donors (Lipinski definition) is 2. The summed E-state index contributed by atoms with van der Waals surface area (Å²) in [6, 6.07) is -0.329. The zero-order valence-corrected chi connectivity index (χ0v) is 12.8. The second kappa shape index (κ2) is 7.14. The molecule has 1 aromatic rings. The van der Waals surface area contributed by atoms with Gasteiger partial charge in [-0.15, -0.1) is 22.6 Å². The molecular formula is C11H19ClN4O2S. The number of morpholine rings is 1. The molecule has 1 amide bonds. The first kappa shape index (κ1) is 16.3. The molecule has 2 heterocycles. The first-order valence-corrected chi connectivity index (χ1v) is 6.89. The average molecular weight is 307 g/mol. The summed E-state index contributed by atoms with van der Waals surface area (Å²) in [5.41, 5.74) is 0. The summed E-state index contributed by atoms with van der Waals surface area (Å²) >= 11 is 1.41. The third-order valence-corrected chi connectivity index (χ3v) is 3.90. The molecule has 1 aliphatic rings. The van der Waals surface area contributed by atoms with Crippen molar-refractivity contribution in [1.82, 2.24) is 15.5 Å². The highest BCUT2D eigenvalue weighted by atomic mass is 35.5. The summed E-state index contributed by atoms with van der Waals surface area (Å²) in [6.45, 7) is 7.31. The van der Waals surface area contributed by atoms with E-state index in [4.69, 9.17) is 4.74 Å². The molecule has 8 heteroatoms. The zero-order valence-electron chi connectivity index (χ0n) is 11.2. The molecular weight excluding hydrogens is 288 g/mol. The van der Waals surface area contributed by atoms with Gasteiger partial charge in [0.1, 0.15) is 11.0 Å². The second-order valence-corrected chi connectivity index (χ2v) is 5.61. The third kappa shape index (κ3) is 4.10. The minimum atomic E-state index is -0.329. The van der Waals surface area contributed by atoms with Crippen LogP contribution in [-0.2, 0) is 9.53 Å². The Morgan fingerprint density at radius 2 is 2.26 bits per heavy atom. The minimum absolute atomic E-state index is 0. The van der Waals surface area contributed by atoms with Crippen LogP contribution in [0.15, 0.2) is 0 Å². The largest absolute Gasteiger partial charge is 0.375 e. The number of ether oxygens (including phenoxy) is 1. The fourth-order valence-corrected chi connectivity index (χ4v) is 2.48. The first-order valence-electron chi connectivity index (χ1n) is 6.07. The number of carbonyl (C=O) groups excluding carboxylic acids is 1. The summed E-state index contributed by atoms with van der Waals surface area (Å²) in [7, 11) is 0. The van der Waals surface area contributed by atoms with Gasteiger partial charge in [0, 0.05) is 12.5 Å². The van der Waals surface area contributed by atoms with E-state index in [9.17, 15) is 4.79 Å². The first-order chi connectivity index (χ1) is 8.58. The topological polar surface area (TPSA) is 76.1 Å². The summed E-state index contributed by atoms with van der Waals surface area (Å²) in [6.07, 6.45) is -0.128. The quantitative estimate of drug-likeness (QED) is 0.883. The van der Waals surface area contributed by atoms with Gasteiger partial charge in [-0.05, 0) is 6.92 Å². The molecule has 2 rings (SSSR count). The van der Waals surface area contributed by atoms with Crippen LogP contribution in [-0.4, -0.2) is 41.4 Å². The molecule has 108 valence electrons. The van der Waals surface area contributed by atoms with Crippen molar-refractivity contribution >= 4 is 34.8 Å². The summed E-state index contributed by atoms with van der Waals surface area (Å²) in [5, 5.41) is 15.4. The lowest BCUT2D eigenvalue weighted by molar-refractivity contribution is -0.123. The van der Waals surface area contributed by atoms with E-state index in [0.717, 1.165) is 5.01 Å². The molecule has 2 atom stereocenters. The van der Waals surface area contributed by atoms with Crippen LogP contribution < -0.4 is 10.6 Å². The Bertz CT molecular complexity index is 427. The second-order valence-electron chi connectivity index (χ2n) is 4.60. The number of amides is 1. The minimum Gasteiger partial charge on any atom is -0.375 e. The van der Waals surface area contributed by atoms with Crippen LogP contribution in [0.4, 0.5) is 5.13 Å². The number of aromatic nitrogens is 2. The number of anilines is 1. The Morgan fingerprint density at radius 3 is 2.84 bits per heavy atom. The fourth-order valence-electron chi connectivity index (χ4n) is 1.73. The standard InChI is InChI=1S/C11H18N4O2S.ClH/c1-6(2)10-14-15-11(18-10)13-9(16)8-7(3)17-5-4-12-8;/h6-8,12H,4-5H2,1-3H3,(H,13,15,16);1H/t7-,8+;/m1./s1. The molecule has 0 spiro atoms. The Balaban J connectivity index is 0.00000180. The van der Waals surface area contributed by atoms with Crippen LogP contribution in [0.1, 0.15) is 31.7 Å². The maximum atomic E-state index is 12.0. The lowest BCUT2D eigenvalue weighted by Gasteiger charge is -2.28. The van der Waals surface area contributed by atoms with Crippen molar-refractivity contribution in [2.24, 2.45) is 0 Å². The van der Waals surface area contributed by atoms with Gasteiger partial charge in [-0.1, -0.05) is 25.2 Å². The molecule has 1 fully saturated rings. The van der Waals surface area contributed by atoms with Gasteiger partial charge >= 0.3 is 0 Å². The third-order valence-electron chi connectivity index (χ3n) is 2.76. The van der Waals surface area contributed by atoms with E-state index < -0.39 is 0 Å². The Labute approximate surface area is 122 Å². The molecule has 0 radical (unpaired) electrons. The van der Waals surface area contributed by atoms with E-state index >= 15 is 0 Å². The maximum Gasteiger partial charge on any atom is 0.246 e. The molecule has 0 bridgehead atoms. The molecule has 1 saturated heterocycles. The number of carbonyl (C=O) groups is 1. The van der Waals surface area contributed by atoms with Gasteiger partial charge in [0.15, 0.2) is 0 Å². The van der Waals surface area contributed by atoms with Crippen LogP contribution >= 0.6 is 23.7 Å². The molecule has 19 heavy (non-hydrogen) atoms. The predicted octanol–water partition coefficient (Wildman–Crippen LogP) is 1.40. The van der Waals surface area contributed by atoms with Crippen LogP contribution in [0.5, 0.6) is 0 Å². The van der Waals surface area contributed by atoms with Crippen molar-refractivity contribution in [3.8, 4) is 0 Å². The van der Waals surface area contributed by atoms with E-state index in [1.54, 1.807) is 0 Å². The van der Waals surface area contributed by atoms with Gasteiger partial charge in [0.2, 0.25) is 11.0 Å². The molecule has 2 N–H and O–H groups in total. The highest BCUT2D eigenvalue weighted by molar-refractivity contribution is 7.15. The van der Waals surface area contributed by atoms with Gasteiger partial charge in [0.05, 0.1) is 12.7 Å². The molecule has 0 unspecified atom stereocenters. The van der Waals surface area contributed by atoms with Gasteiger partial charge in [-0.25, -0.2) is 0 Å². The van der Waals surface area contributed by atoms with E-state index in [1.807, 2.05) is 20.8 Å². The Morgan fingerprint density at radius 1 is 1.53 bits per heavy atom. The van der Waals surface area contributed by atoms with Crippen LogP contribution in [0, 0.1) is 0 Å². The van der Waals surface area contributed by atoms with Crippen LogP contribution in [0.3, 0.4) is 0 Å². The van der Waals surface area contributed by atoms with Crippen molar-refractivity contribution in [2.75, 3.05) is 18.5 Å². The number of hydrogen-bond acceptors (Lipinski definition) is 6. The zero-order chi connectivity index (χ0) is 13.1. The van der Waals surface area contributed by atoms with Crippen molar-refractivity contribution in [2.45, 2.75) is 38.8 Å². The number of nitrogens with one attached hydrogen (secondary N) is 2. The predicted molar refractivity (Wildman–Crippen MR) is 77.1 cm³/mol. The van der Waals surface area contributed by atoms with Crippen molar-refractivity contribution in [1.29, 1.82) is 0 Å². The molecule has 0 aromatic carbocycles. The summed E-state index contributed by atoms with van der Waals surface area (Å²) in [5.74, 6) is 0.205. The molecule has 1 aliphatic heterocycles. The average Bonchev–Trinajstić information content (AvgIpc) is 2.78. The van der Waals surface area contributed by atoms with Crippen LogP contribution in [0.2, 0.25) is 0 Å². The Kier molecular flexibility index (Phi) is 6.12. The lowest BCUT2D eigenvalue weighted by atomic mass is 10.1. The molecule has 0 aliphatic carbocycles. The Hall–Kier alpha value is -0.760. The smallest absolute Gasteiger partial charge is 0.246 e. The van der Waals surface area contributed by atoms with E-state index in [2.05, 4.69) is 20.8 Å². The van der Waals surface area contributed by atoms with Crippen LogP contribution in [0.25, 0.3) is 0 Å². The van der Waals surface area contributed by atoms with Crippen molar-refractivity contribution in [3.63, 3.8) is 0 Å². The van der Waals surface area contributed by atoms with E-state index in [1.165, 1.54) is 11.3 Å². The lowest BCUT2D eigenvalue weighted by Crippen LogP contribution is -2.53. The number of nitrogens with zero attached hydrogens (tertiary/aromatic N) is 2. The highest BCUT2D eigenvalue weighted by Gasteiger charge is 2.28. The number of halogens is 1. The molecule has 6 nitrogen and oxygen atoms in total. The summed E-state index contributed by atoms with van der Waals surface area (Å²) < 4.78 is 5.44. The molecule has 0 saturated carbocycles. The van der Waals surface area contributed by atoms with Gasteiger partial charge in [-0.3, -0.25) is 10.1 Å². The molecule has 1 aromatic heterocycles. The number of rotatable bonds is 3. The highest BCUT2D eigenvalue weighted by Crippen LogP contribution is 2.22. The van der Waals surface area contributed by atoms with Gasteiger partial charge in [-0.2, -0.15) is 0 Å². The normalized spacial score (nSPS) is 22.9. The maximum absolute atomic E-state index is 12.0. The SMILES string of the molecule is CC(C)c1nnc(NC(=O)[C@H]2NCCO[C@@H]2C)s1.Cl. The summed E-state index contributed by atoms with van der Waals surface area (Å²) in [4.78, 5) is 12.0. The monoisotopic (exact) mass is 306 g/mol. The van der Waals surface area contributed by atoms with Crippen molar-refractivity contribution < 1.29 is 9.53 Å². The van der Waals surface area contributed by atoms with E-state index in [-0.39, 0.29) is 30.5 Å². The van der Waals surface area contributed by atoms with Gasteiger partial charge < -0.3 is 10.1 Å². The van der Waals surface area contributed by atoms with Crippen molar-refractivity contribution in [3.05, 3.63) is 5.01 Å².